The lowest BCUT2D eigenvalue weighted by atomic mass is 9.66. The van der Waals surface area contributed by atoms with Crippen LogP contribution < -0.4 is 4.74 Å². The summed E-state index contributed by atoms with van der Waals surface area (Å²) in [5.41, 5.74) is 13.0. The van der Waals surface area contributed by atoms with Crippen molar-refractivity contribution in [2.45, 2.75) is 18.9 Å². The molecule has 0 atom stereocenters. The van der Waals surface area contributed by atoms with Gasteiger partial charge in [0.25, 0.3) is 0 Å². The summed E-state index contributed by atoms with van der Waals surface area (Å²) in [7, 11) is 0. The zero-order valence-electron chi connectivity index (χ0n) is 27.8. The highest BCUT2D eigenvalue weighted by Crippen LogP contribution is 2.62. The molecule has 1 heterocycles. The molecule has 0 radical (unpaired) electrons. The van der Waals surface area contributed by atoms with Crippen LogP contribution >= 0.6 is 0 Å². The quantitative estimate of drug-likeness (QED) is 0.136. The molecule has 1 aliphatic heterocycles. The molecule has 3 heteroatoms. The summed E-state index contributed by atoms with van der Waals surface area (Å²) in [6.45, 7) is 2.57. The number of benzene rings is 7. The van der Waals surface area contributed by atoms with E-state index in [4.69, 9.17) is 14.7 Å². The maximum absolute atomic E-state index is 6.56. The fourth-order valence-electron chi connectivity index (χ4n) is 7.82. The van der Waals surface area contributed by atoms with E-state index >= 15 is 0 Å². The van der Waals surface area contributed by atoms with Crippen LogP contribution in [0.25, 0.3) is 22.3 Å². The van der Waals surface area contributed by atoms with Gasteiger partial charge in [-0.25, -0.2) is 4.99 Å². The Bertz CT molecular complexity index is 2400. The van der Waals surface area contributed by atoms with Crippen LogP contribution in [0.3, 0.4) is 0 Å². The van der Waals surface area contributed by atoms with Crippen molar-refractivity contribution in [3.8, 4) is 33.8 Å². The lowest BCUT2D eigenvalue weighted by molar-refractivity contribution is 0.436. The molecule has 0 aromatic heterocycles. The van der Waals surface area contributed by atoms with Gasteiger partial charge in [-0.1, -0.05) is 158 Å². The van der Waals surface area contributed by atoms with Gasteiger partial charge in [-0.15, -0.1) is 0 Å². The number of ether oxygens (including phenoxy) is 1. The Morgan fingerprint density at radius 1 is 0.540 bits per heavy atom. The summed E-state index contributed by atoms with van der Waals surface area (Å²) in [6.07, 6.45) is 0. The number of nitrogens with zero attached hydrogens (tertiary/aromatic N) is 2. The third kappa shape index (κ3) is 4.82. The van der Waals surface area contributed by atoms with Crippen LogP contribution in [-0.2, 0) is 12.0 Å². The summed E-state index contributed by atoms with van der Waals surface area (Å²) in [4.78, 5) is 10.7. The summed E-state index contributed by atoms with van der Waals surface area (Å²) in [6, 6.07) is 61.9. The first-order valence-electron chi connectivity index (χ1n) is 17.1. The Morgan fingerprint density at radius 2 is 1.12 bits per heavy atom. The summed E-state index contributed by atoms with van der Waals surface area (Å²) in [5, 5.41) is 0. The van der Waals surface area contributed by atoms with Gasteiger partial charge in [-0.3, -0.25) is 4.99 Å². The number of amidine groups is 1. The molecule has 7 aromatic carbocycles. The van der Waals surface area contributed by atoms with Crippen molar-refractivity contribution in [1.82, 2.24) is 0 Å². The lowest BCUT2D eigenvalue weighted by Crippen LogP contribution is -2.32. The zero-order valence-corrected chi connectivity index (χ0v) is 27.8. The van der Waals surface area contributed by atoms with Crippen molar-refractivity contribution >= 4 is 11.5 Å². The third-order valence-corrected chi connectivity index (χ3v) is 10.0. The van der Waals surface area contributed by atoms with Gasteiger partial charge in [0.15, 0.2) is 5.84 Å². The number of para-hydroxylation sites is 2. The molecule has 2 aliphatic rings. The molecular weight excluding hydrogens is 609 g/mol. The first kappa shape index (κ1) is 29.8. The number of rotatable bonds is 5. The van der Waals surface area contributed by atoms with Crippen LogP contribution in [0.1, 0.15) is 45.9 Å². The molecule has 0 unspecified atom stereocenters. The first-order chi connectivity index (χ1) is 24.7. The van der Waals surface area contributed by atoms with Crippen LogP contribution in [0.2, 0.25) is 0 Å². The van der Waals surface area contributed by atoms with E-state index in [1.807, 2.05) is 6.07 Å². The molecule has 7 aromatic rings. The standard InChI is InChI=1S/C47H34N2O/c1-32(34-17-4-2-5-18-34)49-46(48-31-33-16-14-21-36(30-33)35-19-6-3-7-20-35)38-23-15-27-42-45(38)37-22-8-9-24-39(37)47(42)40-25-10-12-28-43(40)50-44-29-13-11-26-41(44)47/h2-30H,31H2,1H3. The summed E-state index contributed by atoms with van der Waals surface area (Å²) < 4.78 is 6.56. The highest BCUT2D eigenvalue weighted by molar-refractivity contribution is 6.15. The van der Waals surface area contributed by atoms with Crippen LogP contribution in [-0.4, -0.2) is 11.5 Å². The molecule has 0 saturated heterocycles. The normalized spacial score (nSPS) is 13.9. The second-order valence-electron chi connectivity index (χ2n) is 12.9. The molecule has 0 bridgehead atoms. The van der Waals surface area contributed by atoms with E-state index in [1.54, 1.807) is 0 Å². The van der Waals surface area contributed by atoms with E-state index in [0.29, 0.717) is 12.4 Å². The molecule has 0 fully saturated rings. The Kier molecular flexibility index (Phi) is 7.32. The second kappa shape index (κ2) is 12.3. The van der Waals surface area contributed by atoms with Gasteiger partial charge in [0.1, 0.15) is 11.5 Å². The van der Waals surface area contributed by atoms with Crippen LogP contribution in [0, 0.1) is 0 Å². The van der Waals surface area contributed by atoms with Gasteiger partial charge in [0, 0.05) is 22.4 Å². The van der Waals surface area contributed by atoms with Crippen LogP contribution in [0.5, 0.6) is 11.5 Å². The zero-order chi connectivity index (χ0) is 33.5. The highest BCUT2D eigenvalue weighted by Gasteiger charge is 2.51. The fraction of sp³-hybridized carbons (Fsp3) is 0.0638. The average molecular weight is 643 g/mol. The van der Waals surface area contributed by atoms with E-state index in [-0.39, 0.29) is 0 Å². The number of hydrogen-bond acceptors (Lipinski definition) is 2. The van der Waals surface area contributed by atoms with E-state index < -0.39 is 5.41 Å². The van der Waals surface area contributed by atoms with Gasteiger partial charge in [0.2, 0.25) is 0 Å². The van der Waals surface area contributed by atoms with E-state index in [1.165, 1.54) is 27.8 Å². The monoisotopic (exact) mass is 642 g/mol. The predicted octanol–water partition coefficient (Wildman–Crippen LogP) is 11.3. The lowest BCUT2D eigenvalue weighted by Gasteiger charge is -2.39. The Balaban J connectivity index is 1.27. The molecule has 1 spiro atoms. The fourth-order valence-corrected chi connectivity index (χ4v) is 7.82. The minimum absolute atomic E-state index is 0.498. The maximum Gasteiger partial charge on any atom is 0.155 e. The van der Waals surface area contributed by atoms with Gasteiger partial charge in [-0.2, -0.15) is 0 Å². The van der Waals surface area contributed by atoms with Crippen molar-refractivity contribution in [2.24, 2.45) is 9.98 Å². The minimum atomic E-state index is -0.555. The van der Waals surface area contributed by atoms with Gasteiger partial charge in [0.05, 0.1) is 12.0 Å². The van der Waals surface area contributed by atoms with Crippen molar-refractivity contribution < 1.29 is 4.74 Å². The van der Waals surface area contributed by atoms with Crippen molar-refractivity contribution in [3.63, 3.8) is 0 Å². The van der Waals surface area contributed by atoms with Gasteiger partial charge in [-0.05, 0) is 69.6 Å². The molecule has 3 nitrogen and oxygen atoms in total. The topological polar surface area (TPSA) is 34.0 Å². The first-order valence-corrected chi connectivity index (χ1v) is 17.1. The maximum atomic E-state index is 6.56. The van der Waals surface area contributed by atoms with Crippen molar-refractivity contribution in [3.05, 3.63) is 215 Å². The number of aliphatic imine (C=N–C) groups is 2. The van der Waals surface area contributed by atoms with Gasteiger partial charge >= 0.3 is 0 Å². The number of fused-ring (bicyclic) bond motifs is 9. The molecule has 238 valence electrons. The molecule has 0 saturated carbocycles. The molecule has 0 amide bonds. The molecule has 9 rings (SSSR count). The average Bonchev–Trinajstić information content (AvgIpc) is 3.48. The van der Waals surface area contributed by atoms with E-state index in [9.17, 15) is 0 Å². The highest BCUT2D eigenvalue weighted by atomic mass is 16.5. The Morgan fingerprint density at radius 3 is 1.86 bits per heavy atom. The number of hydrogen-bond donors (Lipinski definition) is 0. The molecular formula is C47H34N2O. The SMILES string of the molecule is CC(=NC(=NCc1cccc(-c2ccccc2)c1)c1cccc2c1-c1ccccc1C21c2ccccc2Oc2ccccc21)c1ccccc1. The Labute approximate surface area is 292 Å². The Hall–Kier alpha value is -6.32. The van der Waals surface area contributed by atoms with Crippen LogP contribution in [0.15, 0.2) is 186 Å². The molecule has 50 heavy (non-hydrogen) atoms. The van der Waals surface area contributed by atoms with Crippen LogP contribution in [0.4, 0.5) is 0 Å². The second-order valence-corrected chi connectivity index (χ2v) is 12.9. The smallest absolute Gasteiger partial charge is 0.155 e. The van der Waals surface area contributed by atoms with Crippen molar-refractivity contribution in [1.29, 1.82) is 0 Å². The summed E-state index contributed by atoms with van der Waals surface area (Å²) >= 11 is 0. The van der Waals surface area contributed by atoms with Gasteiger partial charge < -0.3 is 4.74 Å². The van der Waals surface area contributed by atoms with Crippen molar-refractivity contribution in [2.75, 3.05) is 0 Å². The third-order valence-electron chi connectivity index (χ3n) is 10.0. The van der Waals surface area contributed by atoms with E-state index in [0.717, 1.165) is 50.6 Å². The molecule has 0 N–H and O–H groups in total. The largest absolute Gasteiger partial charge is 0.457 e. The predicted molar refractivity (Wildman–Crippen MR) is 205 cm³/mol. The van der Waals surface area contributed by atoms with E-state index in [2.05, 4.69) is 177 Å². The molecule has 1 aliphatic carbocycles. The summed E-state index contributed by atoms with van der Waals surface area (Å²) in [5.74, 6) is 2.47. The minimum Gasteiger partial charge on any atom is -0.457 e.